The van der Waals surface area contributed by atoms with Crippen LogP contribution in [0.4, 0.5) is 20.6 Å². The molecule has 1 atom stereocenters. The molecule has 1 unspecified atom stereocenters. The molecule has 2 aromatic rings. The van der Waals surface area contributed by atoms with E-state index in [-0.39, 0.29) is 34.5 Å². The van der Waals surface area contributed by atoms with Crippen LogP contribution in [0.2, 0.25) is 0 Å². The lowest BCUT2D eigenvalue weighted by Gasteiger charge is -2.38. The summed E-state index contributed by atoms with van der Waals surface area (Å²) in [6.45, 7) is 7.14. The van der Waals surface area contributed by atoms with Crippen molar-refractivity contribution in [1.82, 2.24) is 5.32 Å². The van der Waals surface area contributed by atoms with Crippen LogP contribution < -0.4 is 19.3 Å². The first-order valence-electron chi connectivity index (χ1n) is 11.2. The highest BCUT2D eigenvalue weighted by molar-refractivity contribution is 7.92. The van der Waals surface area contributed by atoms with E-state index in [4.69, 9.17) is 4.74 Å². The Kier molecular flexibility index (Phi) is 7.59. The van der Waals surface area contributed by atoms with Crippen LogP contribution in [0.15, 0.2) is 47.4 Å². The zero-order valence-corrected chi connectivity index (χ0v) is 20.9. The highest BCUT2D eigenvalue weighted by Gasteiger charge is 2.36. The number of hydrogen-bond acceptors (Lipinski definition) is 5. The van der Waals surface area contributed by atoms with Crippen molar-refractivity contribution in [3.05, 3.63) is 48.3 Å². The van der Waals surface area contributed by atoms with Gasteiger partial charge >= 0.3 is 6.09 Å². The maximum Gasteiger partial charge on any atom is 0.412 e. The summed E-state index contributed by atoms with van der Waals surface area (Å²) in [6.07, 6.45) is -1.08. The molecule has 11 heteroatoms. The molecule has 0 fully saturated rings. The number of carbonyl (C=O) groups is 2. The Bertz CT molecular complexity index is 1190. The number of amides is 2. The number of rotatable bonds is 7. The van der Waals surface area contributed by atoms with Crippen LogP contribution in [0, 0.1) is 5.82 Å². The zero-order chi connectivity index (χ0) is 26.0. The molecule has 0 bridgehead atoms. The molecule has 1 aliphatic rings. The summed E-state index contributed by atoms with van der Waals surface area (Å²) in [4.78, 5) is 24.6. The van der Waals surface area contributed by atoms with E-state index in [0.29, 0.717) is 19.4 Å². The van der Waals surface area contributed by atoms with E-state index in [2.05, 4.69) is 5.32 Å². The summed E-state index contributed by atoms with van der Waals surface area (Å²) in [7, 11) is -4.14. The third-order valence-electron chi connectivity index (χ3n) is 5.51. The second kappa shape index (κ2) is 10.1. The lowest BCUT2D eigenvalue weighted by atomic mass is 10.0. The Morgan fingerprint density at radius 1 is 1.20 bits per heavy atom. The van der Waals surface area contributed by atoms with Crippen LogP contribution in [0.1, 0.15) is 40.5 Å². The Morgan fingerprint density at radius 3 is 2.43 bits per heavy atom. The van der Waals surface area contributed by atoms with E-state index in [1.165, 1.54) is 24.3 Å². The molecule has 0 aromatic heterocycles. The van der Waals surface area contributed by atoms with Crippen LogP contribution in [0.25, 0.3) is 0 Å². The number of benzene rings is 2. The fourth-order valence-corrected chi connectivity index (χ4v) is 5.33. The molecule has 2 N–H and O–H groups in total. The molecular weight excluding hydrogens is 477 g/mol. The molecular formula is C24H30FN3O6S. The van der Waals surface area contributed by atoms with Gasteiger partial charge < -0.3 is 15.2 Å². The molecule has 1 heterocycles. The number of halogens is 1. The number of carboxylic acid groups (broad SMARTS) is 1. The maximum absolute atomic E-state index is 13.6. The van der Waals surface area contributed by atoms with Gasteiger partial charge in [-0.05, 0) is 63.2 Å². The van der Waals surface area contributed by atoms with Crippen molar-refractivity contribution in [2.45, 2.75) is 57.1 Å². The normalized spacial score (nSPS) is 15.7. The standard InChI is InChI=1S/C24H30FN3O6S/c1-5-22(29)26-13-12-18-15-27(35(32,33)19-9-6-16(25)7-10-19)20-14-17(8-11-21(20)34-18)28(23(30)31)24(2,3)4/h6-11,14,18H,5,12-13,15H2,1-4H3,(H,26,29)(H,30,31). The fraction of sp³-hybridized carbons (Fsp3) is 0.417. The van der Waals surface area contributed by atoms with Gasteiger partial charge in [-0.3, -0.25) is 14.0 Å². The second-order valence-corrected chi connectivity index (χ2v) is 11.0. The first-order valence-corrected chi connectivity index (χ1v) is 12.7. The minimum absolute atomic E-state index is 0.0687. The van der Waals surface area contributed by atoms with Gasteiger partial charge in [0.25, 0.3) is 10.0 Å². The van der Waals surface area contributed by atoms with E-state index in [1.54, 1.807) is 33.8 Å². The second-order valence-electron chi connectivity index (χ2n) is 9.16. The van der Waals surface area contributed by atoms with Gasteiger partial charge in [0.05, 0.1) is 22.8 Å². The molecule has 0 aliphatic carbocycles. The van der Waals surface area contributed by atoms with Gasteiger partial charge in [0, 0.05) is 24.9 Å². The third kappa shape index (κ3) is 5.84. The molecule has 0 spiro atoms. The molecule has 35 heavy (non-hydrogen) atoms. The Balaban J connectivity index is 2.05. The summed E-state index contributed by atoms with van der Waals surface area (Å²) in [5.41, 5.74) is -0.340. The Labute approximate surface area is 204 Å². The van der Waals surface area contributed by atoms with Gasteiger partial charge in [0.1, 0.15) is 17.7 Å². The monoisotopic (exact) mass is 507 g/mol. The van der Waals surface area contributed by atoms with Gasteiger partial charge in [-0.15, -0.1) is 0 Å². The maximum atomic E-state index is 13.6. The molecule has 9 nitrogen and oxygen atoms in total. The number of ether oxygens (including phenoxy) is 1. The van der Waals surface area contributed by atoms with Gasteiger partial charge in [0.15, 0.2) is 0 Å². The van der Waals surface area contributed by atoms with Crippen LogP contribution in [-0.4, -0.2) is 50.3 Å². The van der Waals surface area contributed by atoms with E-state index in [0.717, 1.165) is 21.3 Å². The number of sulfonamides is 1. The third-order valence-corrected chi connectivity index (χ3v) is 7.30. The van der Waals surface area contributed by atoms with Crippen molar-refractivity contribution in [1.29, 1.82) is 0 Å². The van der Waals surface area contributed by atoms with Crippen molar-refractivity contribution >= 4 is 33.4 Å². The molecule has 2 amide bonds. The fourth-order valence-electron chi connectivity index (χ4n) is 3.83. The van der Waals surface area contributed by atoms with Crippen LogP contribution in [0.5, 0.6) is 5.75 Å². The molecule has 0 saturated heterocycles. The first-order chi connectivity index (χ1) is 16.3. The van der Waals surface area contributed by atoms with Crippen molar-refractivity contribution in [3.63, 3.8) is 0 Å². The quantitative estimate of drug-likeness (QED) is 0.586. The van der Waals surface area contributed by atoms with E-state index < -0.39 is 33.6 Å². The minimum Gasteiger partial charge on any atom is -0.486 e. The van der Waals surface area contributed by atoms with Crippen molar-refractivity contribution in [2.24, 2.45) is 0 Å². The van der Waals surface area contributed by atoms with Gasteiger partial charge in [-0.2, -0.15) is 0 Å². The molecule has 1 aliphatic heterocycles. The number of carbonyl (C=O) groups excluding carboxylic acids is 1. The predicted molar refractivity (Wildman–Crippen MR) is 130 cm³/mol. The van der Waals surface area contributed by atoms with Crippen molar-refractivity contribution in [2.75, 3.05) is 22.3 Å². The first kappa shape index (κ1) is 26.3. The molecule has 2 aromatic carbocycles. The number of hydrogen-bond donors (Lipinski definition) is 2. The summed E-state index contributed by atoms with van der Waals surface area (Å²) >= 11 is 0. The van der Waals surface area contributed by atoms with Gasteiger partial charge in [-0.1, -0.05) is 6.92 Å². The number of fused-ring (bicyclic) bond motifs is 1. The predicted octanol–water partition coefficient (Wildman–Crippen LogP) is 3.98. The van der Waals surface area contributed by atoms with Crippen molar-refractivity contribution < 1.29 is 32.2 Å². The lowest BCUT2D eigenvalue weighted by molar-refractivity contribution is -0.120. The largest absolute Gasteiger partial charge is 0.486 e. The lowest BCUT2D eigenvalue weighted by Crippen LogP contribution is -2.46. The molecule has 190 valence electrons. The van der Waals surface area contributed by atoms with E-state index in [9.17, 15) is 27.5 Å². The Hall–Kier alpha value is -3.34. The highest BCUT2D eigenvalue weighted by Crippen LogP contribution is 2.41. The van der Waals surface area contributed by atoms with Crippen LogP contribution in [0.3, 0.4) is 0 Å². The summed E-state index contributed by atoms with van der Waals surface area (Å²) < 4.78 is 47.8. The van der Waals surface area contributed by atoms with Gasteiger partial charge in [-0.25, -0.2) is 17.6 Å². The SMILES string of the molecule is CCC(=O)NCCC1CN(S(=O)(=O)c2ccc(F)cc2)c2cc(N(C(=O)O)C(C)(C)C)ccc2O1. The Morgan fingerprint density at radius 2 is 1.86 bits per heavy atom. The number of nitrogens with zero attached hydrogens (tertiary/aromatic N) is 2. The number of anilines is 2. The topological polar surface area (TPSA) is 116 Å². The minimum atomic E-state index is -4.14. The molecule has 3 rings (SSSR count). The highest BCUT2D eigenvalue weighted by atomic mass is 32.2. The summed E-state index contributed by atoms with van der Waals surface area (Å²) in [5.74, 6) is -0.435. The average Bonchev–Trinajstić information content (AvgIpc) is 2.77. The number of nitrogens with one attached hydrogen (secondary N) is 1. The average molecular weight is 508 g/mol. The smallest absolute Gasteiger partial charge is 0.412 e. The van der Waals surface area contributed by atoms with E-state index >= 15 is 0 Å². The van der Waals surface area contributed by atoms with Crippen LogP contribution in [-0.2, 0) is 14.8 Å². The van der Waals surface area contributed by atoms with Crippen LogP contribution >= 0.6 is 0 Å². The van der Waals surface area contributed by atoms with Gasteiger partial charge in [0.2, 0.25) is 5.91 Å². The summed E-state index contributed by atoms with van der Waals surface area (Å²) in [5, 5.41) is 12.5. The zero-order valence-electron chi connectivity index (χ0n) is 20.1. The summed E-state index contributed by atoms with van der Waals surface area (Å²) in [6, 6.07) is 9.05. The van der Waals surface area contributed by atoms with Crippen molar-refractivity contribution in [3.8, 4) is 5.75 Å². The van der Waals surface area contributed by atoms with E-state index in [1.807, 2.05) is 0 Å². The molecule has 0 radical (unpaired) electrons. The molecule has 0 saturated carbocycles.